The molecule has 0 saturated heterocycles. The maximum atomic E-state index is 6.35. The van der Waals surface area contributed by atoms with E-state index in [4.69, 9.17) is 21.3 Å². The first-order valence-electron chi connectivity index (χ1n) is 10.2. The Morgan fingerprint density at radius 2 is 1.66 bits per heavy atom. The minimum Gasteiger partial charge on any atom is -0.494 e. The normalized spacial score (nSPS) is 11.6. The molecular weight excluding hydrogens is 402 g/mol. The summed E-state index contributed by atoms with van der Waals surface area (Å²) in [5.74, 6) is 2.86. The fraction of sp³-hybridized carbons (Fsp3) is 0.478. The van der Waals surface area contributed by atoms with Gasteiger partial charge in [-0.1, -0.05) is 39.8 Å². The van der Waals surface area contributed by atoms with E-state index < -0.39 is 0 Å². The molecule has 0 spiro atoms. The molecule has 4 nitrogen and oxygen atoms in total. The molecule has 3 aromatic rings. The lowest BCUT2D eigenvalue weighted by molar-refractivity contribution is 0.340. The topological polar surface area (TPSA) is 38.3 Å². The first kappa shape index (κ1) is 21.8. The van der Waals surface area contributed by atoms with Gasteiger partial charge in [0.2, 0.25) is 5.28 Å². The maximum absolute atomic E-state index is 6.35. The van der Waals surface area contributed by atoms with Gasteiger partial charge in [-0.2, -0.15) is 4.98 Å². The Hall–Kier alpha value is -1.85. The van der Waals surface area contributed by atoms with Gasteiger partial charge in [0.15, 0.2) is 0 Å². The minimum absolute atomic E-state index is 0.310. The van der Waals surface area contributed by atoms with Crippen molar-refractivity contribution in [2.75, 3.05) is 24.6 Å². The Morgan fingerprint density at radius 3 is 2.21 bits per heavy atom. The molecule has 0 aliphatic rings. The van der Waals surface area contributed by atoms with E-state index in [9.17, 15) is 0 Å². The standard InChI is InChI=1S/C23H30ClN3OS/c1-7-28-18-10-8-17(9-11-18)19-16(6)29-22-20(19)21(25-23(24)26-22)27(12-14(2)3)13-15(4)5/h8-11,14-15H,7,12-13H2,1-6H3. The number of thiophene rings is 1. The Labute approximate surface area is 182 Å². The number of hydrogen-bond donors (Lipinski definition) is 0. The van der Waals surface area contributed by atoms with E-state index in [-0.39, 0.29) is 0 Å². The SMILES string of the molecule is CCOc1ccc(-c2c(C)sc3nc(Cl)nc(N(CC(C)C)CC(C)C)c23)cc1. The van der Waals surface area contributed by atoms with Gasteiger partial charge >= 0.3 is 0 Å². The van der Waals surface area contributed by atoms with Crippen LogP contribution in [0.2, 0.25) is 5.28 Å². The van der Waals surface area contributed by atoms with Crippen molar-refractivity contribution in [3.05, 3.63) is 34.4 Å². The maximum Gasteiger partial charge on any atom is 0.225 e. The van der Waals surface area contributed by atoms with Crippen LogP contribution >= 0.6 is 22.9 Å². The average molecular weight is 432 g/mol. The first-order chi connectivity index (χ1) is 13.8. The fourth-order valence-corrected chi connectivity index (χ4v) is 4.91. The largest absolute Gasteiger partial charge is 0.494 e. The Bertz CT molecular complexity index is 956. The van der Waals surface area contributed by atoms with Crippen molar-refractivity contribution in [2.45, 2.75) is 41.5 Å². The highest BCUT2D eigenvalue weighted by atomic mass is 35.5. The molecule has 156 valence electrons. The number of aromatic nitrogens is 2. The Balaban J connectivity index is 2.19. The van der Waals surface area contributed by atoms with Crippen molar-refractivity contribution in [3.8, 4) is 16.9 Å². The minimum atomic E-state index is 0.310. The highest BCUT2D eigenvalue weighted by Gasteiger charge is 2.23. The molecule has 0 aliphatic heterocycles. The highest BCUT2D eigenvalue weighted by Crippen LogP contribution is 2.42. The van der Waals surface area contributed by atoms with E-state index in [2.05, 4.69) is 56.6 Å². The van der Waals surface area contributed by atoms with Crippen LogP contribution in [-0.2, 0) is 0 Å². The third kappa shape index (κ3) is 5.01. The van der Waals surface area contributed by atoms with Crippen LogP contribution in [0.25, 0.3) is 21.3 Å². The smallest absolute Gasteiger partial charge is 0.225 e. The number of hydrogen-bond acceptors (Lipinski definition) is 5. The van der Waals surface area contributed by atoms with E-state index in [0.29, 0.717) is 23.7 Å². The molecule has 2 heterocycles. The molecular formula is C23H30ClN3OS. The van der Waals surface area contributed by atoms with Crippen LogP contribution < -0.4 is 9.64 Å². The van der Waals surface area contributed by atoms with Crippen LogP contribution in [0.15, 0.2) is 24.3 Å². The predicted molar refractivity (Wildman–Crippen MR) is 126 cm³/mol. The lowest BCUT2D eigenvalue weighted by Gasteiger charge is -2.28. The van der Waals surface area contributed by atoms with Crippen LogP contribution in [0.1, 0.15) is 39.5 Å². The highest BCUT2D eigenvalue weighted by molar-refractivity contribution is 7.19. The van der Waals surface area contributed by atoms with Gasteiger partial charge in [-0.05, 0) is 55.0 Å². The summed E-state index contributed by atoms with van der Waals surface area (Å²) in [6, 6.07) is 8.29. The molecule has 3 rings (SSSR count). The molecule has 1 aromatic carbocycles. The van der Waals surface area contributed by atoms with Crippen LogP contribution in [0.3, 0.4) is 0 Å². The summed E-state index contributed by atoms with van der Waals surface area (Å²) in [6.45, 7) is 15.6. The quantitative estimate of drug-likeness (QED) is 0.366. The zero-order chi connectivity index (χ0) is 21.1. The van der Waals surface area contributed by atoms with Gasteiger partial charge in [-0.3, -0.25) is 0 Å². The van der Waals surface area contributed by atoms with E-state index in [1.807, 2.05) is 19.1 Å². The number of benzene rings is 1. The summed E-state index contributed by atoms with van der Waals surface area (Å²) >= 11 is 8.02. The third-order valence-corrected chi connectivity index (χ3v) is 5.77. The number of nitrogens with zero attached hydrogens (tertiary/aromatic N) is 3. The molecule has 0 aliphatic carbocycles. The predicted octanol–water partition coefficient (Wildman–Crippen LogP) is 6.84. The van der Waals surface area contributed by atoms with Gasteiger partial charge in [-0.15, -0.1) is 11.3 Å². The van der Waals surface area contributed by atoms with E-state index in [1.54, 1.807) is 11.3 Å². The van der Waals surface area contributed by atoms with Crippen molar-refractivity contribution in [1.82, 2.24) is 9.97 Å². The molecule has 2 aromatic heterocycles. The van der Waals surface area contributed by atoms with Crippen molar-refractivity contribution >= 4 is 39.0 Å². The summed E-state index contributed by atoms with van der Waals surface area (Å²) < 4.78 is 5.61. The van der Waals surface area contributed by atoms with Crippen LogP contribution in [0.4, 0.5) is 5.82 Å². The molecule has 6 heteroatoms. The molecule has 0 atom stereocenters. The van der Waals surface area contributed by atoms with Gasteiger partial charge in [0.05, 0.1) is 12.0 Å². The number of aryl methyl sites for hydroxylation is 1. The molecule has 0 unspecified atom stereocenters. The lowest BCUT2D eigenvalue weighted by Crippen LogP contribution is -2.32. The second kappa shape index (κ2) is 9.31. The molecule has 0 saturated carbocycles. The first-order valence-corrected chi connectivity index (χ1v) is 11.4. The zero-order valence-corrected chi connectivity index (χ0v) is 19.7. The summed E-state index contributed by atoms with van der Waals surface area (Å²) in [5.41, 5.74) is 2.34. The number of anilines is 1. The summed E-state index contributed by atoms with van der Waals surface area (Å²) in [5, 5.41) is 1.41. The van der Waals surface area contributed by atoms with Crippen LogP contribution in [0, 0.1) is 18.8 Å². The average Bonchev–Trinajstić information content (AvgIpc) is 2.96. The zero-order valence-electron chi connectivity index (χ0n) is 18.1. The molecule has 0 bridgehead atoms. The molecule has 0 amide bonds. The van der Waals surface area contributed by atoms with Crippen molar-refractivity contribution in [3.63, 3.8) is 0 Å². The van der Waals surface area contributed by atoms with Gasteiger partial charge in [0.25, 0.3) is 0 Å². The second-order valence-corrected chi connectivity index (χ2v) is 9.72. The summed E-state index contributed by atoms with van der Waals surface area (Å²) in [4.78, 5) is 13.8. The van der Waals surface area contributed by atoms with Gasteiger partial charge < -0.3 is 9.64 Å². The van der Waals surface area contributed by atoms with E-state index >= 15 is 0 Å². The van der Waals surface area contributed by atoms with Gasteiger partial charge in [0.1, 0.15) is 16.4 Å². The van der Waals surface area contributed by atoms with Crippen molar-refractivity contribution < 1.29 is 4.74 Å². The summed E-state index contributed by atoms with van der Waals surface area (Å²) in [6.07, 6.45) is 0. The molecule has 0 radical (unpaired) electrons. The Kier molecular flexibility index (Phi) is 7.01. The van der Waals surface area contributed by atoms with Crippen molar-refractivity contribution in [1.29, 1.82) is 0 Å². The molecule has 29 heavy (non-hydrogen) atoms. The lowest BCUT2D eigenvalue weighted by atomic mass is 10.0. The molecule has 0 N–H and O–H groups in total. The number of halogens is 1. The number of fused-ring (bicyclic) bond motifs is 1. The van der Waals surface area contributed by atoms with Crippen LogP contribution in [-0.4, -0.2) is 29.7 Å². The number of rotatable bonds is 8. The number of ether oxygens (including phenoxy) is 1. The Morgan fingerprint density at radius 1 is 1.03 bits per heavy atom. The van der Waals surface area contributed by atoms with Crippen LogP contribution in [0.5, 0.6) is 5.75 Å². The third-order valence-electron chi connectivity index (χ3n) is 4.61. The molecule has 0 fully saturated rings. The van der Waals surface area contributed by atoms with E-state index in [0.717, 1.165) is 40.4 Å². The van der Waals surface area contributed by atoms with Crippen molar-refractivity contribution in [2.24, 2.45) is 11.8 Å². The van der Waals surface area contributed by atoms with Gasteiger partial charge in [0, 0.05) is 23.5 Å². The second-order valence-electron chi connectivity index (χ2n) is 8.18. The fourth-order valence-electron chi connectivity index (χ4n) is 3.66. The van der Waals surface area contributed by atoms with Gasteiger partial charge in [-0.25, -0.2) is 4.98 Å². The summed E-state index contributed by atoms with van der Waals surface area (Å²) in [7, 11) is 0. The monoisotopic (exact) mass is 431 g/mol. The van der Waals surface area contributed by atoms with E-state index in [1.165, 1.54) is 10.4 Å².